The van der Waals surface area contributed by atoms with E-state index < -0.39 is 20.2 Å². The molecule has 140 valence electrons. The monoisotopic (exact) mass is 371 g/mol. The molecule has 0 aromatic heterocycles. The average Bonchev–Trinajstić information content (AvgIpc) is 2.87. The summed E-state index contributed by atoms with van der Waals surface area (Å²) in [4.78, 5) is 2.35. The molecule has 1 fully saturated rings. The number of rotatable bonds is 5. The smallest absolute Gasteiger partial charge is 0.479 e. The van der Waals surface area contributed by atoms with E-state index in [0.717, 1.165) is 0 Å². The summed E-state index contributed by atoms with van der Waals surface area (Å²) in [5.41, 5.74) is 0.277. The number of hydrogen-bond donors (Lipinski definition) is 4. The Kier molecular flexibility index (Phi) is 5.75. The molecule has 1 heterocycles. The van der Waals surface area contributed by atoms with Gasteiger partial charge in [-0.1, -0.05) is 20.8 Å². The van der Waals surface area contributed by atoms with Gasteiger partial charge in [-0.05, 0) is 24.2 Å². The number of halogens is 1. The summed E-state index contributed by atoms with van der Waals surface area (Å²) in [6.07, 6.45) is -1.42. The van der Waals surface area contributed by atoms with Crippen LogP contribution in [0.25, 0.3) is 0 Å². The Morgan fingerprint density at radius 3 is 2.48 bits per heavy atom. The fourth-order valence-electron chi connectivity index (χ4n) is 2.40. The van der Waals surface area contributed by atoms with E-state index in [1.165, 1.54) is 18.2 Å². The summed E-state index contributed by atoms with van der Waals surface area (Å²) >= 11 is 0. The molecule has 1 saturated heterocycles. The molecule has 0 amide bonds. The lowest BCUT2D eigenvalue weighted by Crippen LogP contribution is -2.66. The van der Waals surface area contributed by atoms with E-state index in [2.05, 4.69) is 44.2 Å². The van der Waals surface area contributed by atoms with Crippen molar-refractivity contribution in [3.8, 4) is 5.75 Å². The van der Waals surface area contributed by atoms with Gasteiger partial charge in [0.05, 0.1) is 6.10 Å². The predicted molar refractivity (Wildman–Crippen MR) is 96.6 cm³/mol. The minimum Gasteiger partial charge on any atom is -0.479 e. The molecular formula is C17H28FN2O4Si+. The summed E-state index contributed by atoms with van der Waals surface area (Å²) in [6.45, 7) is 12.1. The van der Waals surface area contributed by atoms with Crippen molar-refractivity contribution in [2.45, 2.75) is 51.1 Å². The third kappa shape index (κ3) is 4.93. The molecule has 0 saturated carbocycles. The van der Waals surface area contributed by atoms with Crippen LogP contribution >= 0.6 is 0 Å². The first-order chi connectivity index (χ1) is 11.5. The lowest BCUT2D eigenvalue weighted by Gasteiger charge is -2.39. The second-order valence-corrected chi connectivity index (χ2v) is 12.6. The van der Waals surface area contributed by atoms with Gasteiger partial charge in [-0.3, -0.25) is 0 Å². The van der Waals surface area contributed by atoms with E-state index in [0.29, 0.717) is 13.1 Å². The Labute approximate surface area is 148 Å². The minimum absolute atomic E-state index is 0.0728. The number of hydrogen-bond acceptors (Lipinski definition) is 3. The van der Waals surface area contributed by atoms with Crippen LogP contribution in [-0.4, -0.2) is 49.9 Å². The van der Waals surface area contributed by atoms with Crippen molar-refractivity contribution >= 4 is 20.1 Å². The van der Waals surface area contributed by atoms with Crippen LogP contribution in [0.5, 0.6) is 5.75 Å². The summed E-state index contributed by atoms with van der Waals surface area (Å²) < 4.78 is 26.0. The quantitative estimate of drug-likeness (QED) is 0.360. The molecule has 0 bridgehead atoms. The van der Waals surface area contributed by atoms with Crippen LogP contribution in [0.4, 0.5) is 10.1 Å². The highest BCUT2D eigenvalue weighted by atomic mass is 28.4. The van der Waals surface area contributed by atoms with E-state index in [1.54, 1.807) is 0 Å². The number of ether oxygens (including phenoxy) is 1. The van der Waals surface area contributed by atoms with Gasteiger partial charge in [-0.25, -0.2) is 4.39 Å². The van der Waals surface area contributed by atoms with Crippen molar-refractivity contribution in [1.82, 2.24) is 5.32 Å². The number of aliphatic hydroxyl groups is 2. The molecule has 4 N–H and O–H groups in total. The first-order valence-corrected chi connectivity index (χ1v) is 11.3. The van der Waals surface area contributed by atoms with Crippen LogP contribution in [0.1, 0.15) is 20.8 Å². The van der Waals surface area contributed by atoms with E-state index in [1.807, 2.05) is 0 Å². The van der Waals surface area contributed by atoms with E-state index >= 15 is 0 Å². The zero-order chi connectivity index (χ0) is 18.8. The second kappa shape index (κ2) is 7.31. The molecular weight excluding hydrogens is 343 g/mol. The van der Waals surface area contributed by atoms with Crippen LogP contribution in [0.15, 0.2) is 18.2 Å². The maximum absolute atomic E-state index is 13.6. The highest BCUT2D eigenvalue weighted by Crippen LogP contribution is 2.38. The highest BCUT2D eigenvalue weighted by Gasteiger charge is 2.42. The molecule has 1 aliphatic rings. The third-order valence-electron chi connectivity index (χ3n) is 4.83. The molecule has 1 aromatic carbocycles. The zero-order valence-electron chi connectivity index (χ0n) is 15.4. The Balaban J connectivity index is 2.19. The molecule has 0 spiro atoms. The Morgan fingerprint density at radius 1 is 1.24 bits per heavy atom. The maximum atomic E-state index is 13.6. The van der Waals surface area contributed by atoms with Crippen molar-refractivity contribution in [2.75, 3.05) is 13.1 Å². The van der Waals surface area contributed by atoms with Gasteiger partial charge >= 0.3 is 6.08 Å². The van der Waals surface area contributed by atoms with Gasteiger partial charge in [0, 0.05) is 25.2 Å². The third-order valence-corrected chi connectivity index (χ3v) is 9.33. The molecule has 2 atom stereocenters. The number of nitrogens with one attached hydrogen (secondary N) is 2. The van der Waals surface area contributed by atoms with Crippen LogP contribution in [-0.2, 0) is 4.43 Å². The van der Waals surface area contributed by atoms with Crippen LogP contribution in [0.3, 0.4) is 0 Å². The molecule has 25 heavy (non-hydrogen) atoms. The van der Waals surface area contributed by atoms with Gasteiger partial charge in [-0.15, -0.1) is 4.99 Å². The predicted octanol–water partition coefficient (Wildman–Crippen LogP) is 1.75. The van der Waals surface area contributed by atoms with Gasteiger partial charge in [0.15, 0.2) is 14.1 Å². The maximum Gasteiger partial charge on any atom is 0.548 e. The fourth-order valence-corrected chi connectivity index (χ4v) is 3.75. The van der Waals surface area contributed by atoms with Gasteiger partial charge in [-0.2, -0.15) is 0 Å². The topological polar surface area (TPSA) is 84.9 Å². The van der Waals surface area contributed by atoms with Crippen molar-refractivity contribution in [3.05, 3.63) is 24.0 Å². The van der Waals surface area contributed by atoms with Crippen molar-refractivity contribution in [3.63, 3.8) is 0 Å². The van der Waals surface area contributed by atoms with Crippen LogP contribution in [0, 0.1) is 5.82 Å². The zero-order valence-corrected chi connectivity index (χ0v) is 16.4. The van der Waals surface area contributed by atoms with Crippen LogP contribution < -0.4 is 15.0 Å². The summed E-state index contributed by atoms with van der Waals surface area (Å²) in [6, 6.07) is 3.82. The Bertz CT molecular complexity index is 642. The second-order valence-electron chi connectivity index (χ2n) is 7.82. The van der Waals surface area contributed by atoms with Gasteiger partial charge in [0.25, 0.3) is 5.69 Å². The summed E-state index contributed by atoms with van der Waals surface area (Å²) in [5, 5.41) is 21.4. The molecule has 1 aromatic rings. The van der Waals surface area contributed by atoms with E-state index in [-0.39, 0.29) is 28.7 Å². The standard InChI is InChI=1S/C17H27FN2O4Si/c1-17(2,3)25(4,5)24-15-10-19-9-14(15)23-13-8-11(18)6-7-12(13)20-16(21)22/h6-8,14-15,19H,9-10H2,1-5H3,(H2,20,21,22)/p+1/t14-,15-/m0/s1. The fraction of sp³-hybridized carbons (Fsp3) is 0.588. The largest absolute Gasteiger partial charge is 0.548 e. The number of aliphatic hydroxyl groups excluding tert-OH is 1. The first kappa shape index (κ1) is 19.7. The molecule has 0 radical (unpaired) electrons. The summed E-state index contributed by atoms with van der Waals surface area (Å²) in [5.74, 6) is -0.260. The molecule has 8 heteroatoms. The Morgan fingerprint density at radius 2 is 1.88 bits per heavy atom. The van der Waals surface area contributed by atoms with Crippen molar-refractivity contribution in [1.29, 1.82) is 0 Å². The van der Waals surface area contributed by atoms with Gasteiger partial charge < -0.3 is 24.7 Å². The van der Waals surface area contributed by atoms with Crippen LogP contribution in [0.2, 0.25) is 18.1 Å². The minimum atomic E-state index is -1.97. The Hall–Kier alpha value is -1.64. The molecule has 2 rings (SSSR count). The normalized spacial score (nSPS) is 21.2. The van der Waals surface area contributed by atoms with Gasteiger partial charge in [0.2, 0.25) is 0 Å². The molecule has 0 aliphatic carbocycles. The number of benzene rings is 1. The molecule has 0 unspecified atom stereocenters. The molecule has 6 nitrogen and oxygen atoms in total. The molecule has 1 aliphatic heterocycles. The van der Waals surface area contributed by atoms with Crippen molar-refractivity contribution in [2.24, 2.45) is 0 Å². The lowest BCUT2D eigenvalue weighted by atomic mass is 10.2. The first-order valence-electron chi connectivity index (χ1n) is 8.36. The van der Waals surface area contributed by atoms with E-state index in [9.17, 15) is 4.39 Å². The van der Waals surface area contributed by atoms with Gasteiger partial charge in [0.1, 0.15) is 11.9 Å². The highest BCUT2D eigenvalue weighted by molar-refractivity contribution is 6.74. The lowest BCUT2D eigenvalue weighted by molar-refractivity contribution is -0.381. The SMILES string of the molecule is CC(C)(C)[Si](C)(C)O[C@H]1CNC[C@@H]1Oc1cc(F)ccc1[NH+]=C(O)O. The summed E-state index contributed by atoms with van der Waals surface area (Å²) in [7, 11) is -1.97. The average molecular weight is 372 g/mol. The van der Waals surface area contributed by atoms with Crippen molar-refractivity contribution < 1.29 is 28.8 Å². The van der Waals surface area contributed by atoms with E-state index in [4.69, 9.17) is 19.4 Å².